The summed E-state index contributed by atoms with van der Waals surface area (Å²) >= 11 is 0. The van der Waals surface area contributed by atoms with Crippen LogP contribution in [-0.4, -0.2) is 31.6 Å². The minimum Gasteiger partial charge on any atom is -0.497 e. The Labute approximate surface area is 128 Å². The second kappa shape index (κ2) is 5.98. The van der Waals surface area contributed by atoms with Crippen LogP contribution in [0.3, 0.4) is 0 Å². The Morgan fingerprint density at radius 3 is 2.71 bits per heavy atom. The van der Waals surface area contributed by atoms with Crippen molar-refractivity contribution in [2.45, 2.75) is 56.5 Å². The first kappa shape index (κ1) is 14.9. The number of nitrogens with zero attached hydrogens (tertiary/aromatic N) is 1. The van der Waals surface area contributed by atoms with Gasteiger partial charge in [-0.2, -0.15) is 0 Å². The number of ether oxygens (including phenoxy) is 1. The first-order valence-corrected chi connectivity index (χ1v) is 8.31. The van der Waals surface area contributed by atoms with E-state index in [0.717, 1.165) is 12.2 Å². The van der Waals surface area contributed by atoms with Crippen molar-refractivity contribution in [2.75, 3.05) is 20.7 Å². The zero-order valence-corrected chi connectivity index (χ0v) is 13.4. The van der Waals surface area contributed by atoms with E-state index in [1.54, 1.807) is 7.11 Å². The molecule has 1 unspecified atom stereocenters. The molecular weight excluding hydrogens is 260 g/mol. The smallest absolute Gasteiger partial charge is 0.119 e. The van der Waals surface area contributed by atoms with E-state index >= 15 is 0 Å². The fraction of sp³-hybridized carbons (Fsp3) is 0.667. The molecule has 1 aromatic carbocycles. The third kappa shape index (κ3) is 2.47. The summed E-state index contributed by atoms with van der Waals surface area (Å²) in [6, 6.07) is 7.24. The van der Waals surface area contributed by atoms with Gasteiger partial charge in [-0.25, -0.2) is 0 Å². The number of hydrogen-bond donors (Lipinski definition) is 1. The molecule has 1 fully saturated rings. The lowest BCUT2D eigenvalue weighted by molar-refractivity contribution is 0.0603. The van der Waals surface area contributed by atoms with E-state index in [9.17, 15) is 0 Å². The van der Waals surface area contributed by atoms with Crippen molar-refractivity contribution in [2.24, 2.45) is 5.73 Å². The number of fused-ring (bicyclic) bond motifs is 1. The molecule has 3 rings (SSSR count). The highest BCUT2D eigenvalue weighted by molar-refractivity contribution is 5.42. The van der Waals surface area contributed by atoms with Crippen LogP contribution >= 0.6 is 0 Å². The lowest BCUT2D eigenvalue weighted by atomic mass is 9.74. The Bertz CT molecular complexity index is 496. The molecule has 0 aromatic heterocycles. The van der Waals surface area contributed by atoms with E-state index in [1.165, 1.54) is 49.7 Å². The maximum Gasteiger partial charge on any atom is 0.119 e. The highest BCUT2D eigenvalue weighted by Gasteiger charge is 2.42. The number of likely N-dealkylation sites (N-methyl/N-ethyl adjacent to an activating group) is 1. The monoisotopic (exact) mass is 288 g/mol. The molecule has 2 N–H and O–H groups in total. The highest BCUT2D eigenvalue weighted by atomic mass is 16.5. The van der Waals surface area contributed by atoms with Gasteiger partial charge in [0.05, 0.1) is 12.6 Å². The van der Waals surface area contributed by atoms with Crippen molar-refractivity contribution in [1.82, 2.24) is 4.90 Å². The normalized spacial score (nSPS) is 26.1. The van der Waals surface area contributed by atoms with Crippen LogP contribution in [0.25, 0.3) is 0 Å². The van der Waals surface area contributed by atoms with Crippen molar-refractivity contribution in [3.05, 3.63) is 29.3 Å². The van der Waals surface area contributed by atoms with Gasteiger partial charge in [-0.3, -0.25) is 4.90 Å². The van der Waals surface area contributed by atoms with E-state index in [1.807, 2.05) is 0 Å². The molecule has 2 aliphatic carbocycles. The largest absolute Gasteiger partial charge is 0.497 e. The minimum absolute atomic E-state index is 0.00285. The summed E-state index contributed by atoms with van der Waals surface area (Å²) in [7, 11) is 4.03. The van der Waals surface area contributed by atoms with E-state index in [2.05, 4.69) is 30.1 Å². The van der Waals surface area contributed by atoms with Gasteiger partial charge >= 0.3 is 0 Å². The van der Waals surface area contributed by atoms with Crippen molar-refractivity contribution < 1.29 is 4.74 Å². The molecule has 116 valence electrons. The van der Waals surface area contributed by atoms with E-state index in [4.69, 9.17) is 10.5 Å². The molecule has 0 aliphatic heterocycles. The van der Waals surface area contributed by atoms with Gasteiger partial charge in [0.1, 0.15) is 5.75 Å². The summed E-state index contributed by atoms with van der Waals surface area (Å²) in [6.07, 6.45) is 8.92. The van der Waals surface area contributed by atoms with Crippen molar-refractivity contribution in [1.29, 1.82) is 0 Å². The average molecular weight is 288 g/mol. The van der Waals surface area contributed by atoms with Gasteiger partial charge in [-0.05, 0) is 62.4 Å². The lowest BCUT2D eigenvalue weighted by Crippen LogP contribution is -2.54. The van der Waals surface area contributed by atoms with Crippen molar-refractivity contribution in [3.8, 4) is 5.75 Å². The van der Waals surface area contributed by atoms with Crippen LogP contribution in [-0.2, 0) is 12.0 Å². The molecule has 0 spiro atoms. The molecule has 0 saturated heterocycles. The maximum atomic E-state index is 6.33. The minimum atomic E-state index is -0.00285. The number of methoxy groups -OCH3 is 1. The Morgan fingerprint density at radius 2 is 2.05 bits per heavy atom. The molecular formula is C18H28N2O. The predicted molar refractivity (Wildman–Crippen MR) is 86.7 cm³/mol. The molecule has 0 amide bonds. The van der Waals surface area contributed by atoms with Gasteiger partial charge in [0, 0.05) is 12.6 Å². The fourth-order valence-corrected chi connectivity index (χ4v) is 4.40. The SMILES string of the molecule is COc1ccc2c(c1)C(CN)(N(C)C1CCCC1)CCC2. The molecule has 2 aliphatic rings. The van der Waals surface area contributed by atoms with Crippen molar-refractivity contribution >= 4 is 0 Å². The van der Waals surface area contributed by atoms with Crippen LogP contribution in [0.1, 0.15) is 49.7 Å². The number of rotatable bonds is 4. The Hall–Kier alpha value is -1.06. The molecule has 21 heavy (non-hydrogen) atoms. The van der Waals surface area contributed by atoms with Crippen LogP contribution < -0.4 is 10.5 Å². The second-order valence-corrected chi connectivity index (χ2v) is 6.66. The summed E-state index contributed by atoms with van der Waals surface area (Å²) in [5, 5.41) is 0. The van der Waals surface area contributed by atoms with Gasteiger partial charge in [0.15, 0.2) is 0 Å². The topological polar surface area (TPSA) is 38.5 Å². The molecule has 3 heteroatoms. The summed E-state index contributed by atoms with van der Waals surface area (Å²) in [5.41, 5.74) is 9.19. The zero-order chi connectivity index (χ0) is 14.9. The first-order chi connectivity index (χ1) is 10.2. The fourth-order valence-electron chi connectivity index (χ4n) is 4.40. The third-order valence-corrected chi connectivity index (χ3v) is 5.74. The Kier molecular flexibility index (Phi) is 4.23. The Balaban J connectivity index is 2.02. The highest BCUT2D eigenvalue weighted by Crippen LogP contribution is 2.43. The standard InChI is InChI=1S/C18H28N2O/c1-20(15-7-3-4-8-15)18(13-19)11-5-6-14-9-10-16(21-2)12-17(14)18/h9-10,12,15H,3-8,11,13,19H2,1-2H3. The van der Waals surface area contributed by atoms with Gasteiger partial charge in [-0.1, -0.05) is 18.9 Å². The predicted octanol–water partition coefficient (Wildman–Crippen LogP) is 3.06. The van der Waals surface area contributed by atoms with Gasteiger partial charge in [-0.15, -0.1) is 0 Å². The molecule has 0 radical (unpaired) electrons. The summed E-state index contributed by atoms with van der Waals surface area (Å²) < 4.78 is 5.46. The number of hydrogen-bond acceptors (Lipinski definition) is 3. The Morgan fingerprint density at radius 1 is 1.29 bits per heavy atom. The molecule has 1 atom stereocenters. The first-order valence-electron chi connectivity index (χ1n) is 8.31. The second-order valence-electron chi connectivity index (χ2n) is 6.66. The van der Waals surface area contributed by atoms with Crippen molar-refractivity contribution in [3.63, 3.8) is 0 Å². The van der Waals surface area contributed by atoms with Crippen LogP contribution in [0.4, 0.5) is 0 Å². The molecule has 0 heterocycles. The number of benzene rings is 1. The van der Waals surface area contributed by atoms with E-state index < -0.39 is 0 Å². The quantitative estimate of drug-likeness (QED) is 0.925. The van der Waals surface area contributed by atoms with Gasteiger partial charge in [0.25, 0.3) is 0 Å². The molecule has 0 bridgehead atoms. The lowest BCUT2D eigenvalue weighted by Gasteiger charge is -2.48. The van der Waals surface area contributed by atoms with Gasteiger partial charge < -0.3 is 10.5 Å². The number of nitrogens with two attached hydrogens (primary N) is 1. The summed E-state index contributed by atoms with van der Waals surface area (Å²) in [6.45, 7) is 0.695. The van der Waals surface area contributed by atoms with E-state index in [0.29, 0.717) is 12.6 Å². The number of aryl methyl sites for hydroxylation is 1. The third-order valence-electron chi connectivity index (χ3n) is 5.74. The van der Waals surface area contributed by atoms with E-state index in [-0.39, 0.29) is 5.54 Å². The van der Waals surface area contributed by atoms with Crippen LogP contribution in [0.5, 0.6) is 5.75 Å². The molecule has 1 aromatic rings. The molecule has 3 nitrogen and oxygen atoms in total. The summed E-state index contributed by atoms with van der Waals surface area (Å²) in [4.78, 5) is 2.59. The van der Waals surface area contributed by atoms with Crippen LogP contribution in [0.15, 0.2) is 18.2 Å². The van der Waals surface area contributed by atoms with Gasteiger partial charge in [0.2, 0.25) is 0 Å². The van der Waals surface area contributed by atoms with Crippen LogP contribution in [0, 0.1) is 0 Å². The summed E-state index contributed by atoms with van der Waals surface area (Å²) in [5.74, 6) is 0.952. The van der Waals surface area contributed by atoms with Crippen LogP contribution in [0.2, 0.25) is 0 Å². The zero-order valence-electron chi connectivity index (χ0n) is 13.4. The average Bonchev–Trinajstić information content (AvgIpc) is 3.07. The maximum absolute atomic E-state index is 6.33. The molecule has 1 saturated carbocycles.